The summed E-state index contributed by atoms with van der Waals surface area (Å²) < 4.78 is 12.5. The van der Waals surface area contributed by atoms with Gasteiger partial charge >= 0.3 is 0 Å². The minimum absolute atomic E-state index is 0.0986. The SMILES string of the molecule is CCOc1ccccc1Cn1cc([C@@H]2SCC(=O)N2CCOC)nn1. The summed E-state index contributed by atoms with van der Waals surface area (Å²) in [6.45, 7) is 4.24. The highest BCUT2D eigenvalue weighted by Gasteiger charge is 2.34. The van der Waals surface area contributed by atoms with Gasteiger partial charge in [0.25, 0.3) is 0 Å². The van der Waals surface area contributed by atoms with Crippen molar-refractivity contribution < 1.29 is 14.3 Å². The molecule has 0 radical (unpaired) electrons. The van der Waals surface area contributed by atoms with Crippen LogP contribution in [0.2, 0.25) is 0 Å². The molecule has 1 fully saturated rings. The lowest BCUT2D eigenvalue weighted by molar-refractivity contribution is -0.128. The molecule has 3 rings (SSSR count). The van der Waals surface area contributed by atoms with E-state index in [0.717, 1.165) is 17.0 Å². The third-order valence-corrected chi connectivity index (χ3v) is 5.14. The molecule has 2 heterocycles. The summed E-state index contributed by atoms with van der Waals surface area (Å²) in [5, 5.41) is 8.41. The molecule has 1 amide bonds. The van der Waals surface area contributed by atoms with E-state index in [9.17, 15) is 4.79 Å². The highest BCUT2D eigenvalue weighted by molar-refractivity contribution is 8.00. The number of amides is 1. The Morgan fingerprint density at radius 1 is 1.36 bits per heavy atom. The number of thioether (sulfide) groups is 1. The number of benzene rings is 1. The van der Waals surface area contributed by atoms with E-state index in [0.29, 0.717) is 32.1 Å². The number of hydrogen-bond donors (Lipinski definition) is 0. The van der Waals surface area contributed by atoms with Gasteiger partial charge in [-0.1, -0.05) is 23.4 Å². The van der Waals surface area contributed by atoms with Crippen LogP contribution in [0.1, 0.15) is 23.6 Å². The molecule has 2 aromatic rings. The largest absolute Gasteiger partial charge is 0.494 e. The van der Waals surface area contributed by atoms with Gasteiger partial charge in [-0.15, -0.1) is 16.9 Å². The van der Waals surface area contributed by atoms with Gasteiger partial charge in [0.1, 0.15) is 16.8 Å². The fourth-order valence-corrected chi connectivity index (χ4v) is 3.89. The quantitative estimate of drug-likeness (QED) is 0.715. The highest BCUT2D eigenvalue weighted by Crippen LogP contribution is 2.37. The van der Waals surface area contributed by atoms with Crippen LogP contribution in [0.4, 0.5) is 0 Å². The predicted molar refractivity (Wildman–Crippen MR) is 95.5 cm³/mol. The van der Waals surface area contributed by atoms with Gasteiger partial charge in [0.15, 0.2) is 0 Å². The Hall–Kier alpha value is -2.06. The van der Waals surface area contributed by atoms with Crippen molar-refractivity contribution in [1.82, 2.24) is 19.9 Å². The number of carbonyl (C=O) groups is 1. The van der Waals surface area contributed by atoms with Crippen molar-refractivity contribution in [3.63, 3.8) is 0 Å². The van der Waals surface area contributed by atoms with E-state index in [1.165, 1.54) is 0 Å². The zero-order chi connectivity index (χ0) is 17.6. The van der Waals surface area contributed by atoms with E-state index in [4.69, 9.17) is 9.47 Å². The molecule has 1 aromatic heterocycles. The summed E-state index contributed by atoms with van der Waals surface area (Å²) in [7, 11) is 1.63. The molecule has 0 saturated carbocycles. The predicted octanol–water partition coefficient (Wildman–Crippen LogP) is 1.95. The number of para-hydroxylation sites is 1. The van der Waals surface area contributed by atoms with Crippen molar-refractivity contribution in [2.75, 3.05) is 32.6 Å². The molecule has 1 aliphatic rings. The van der Waals surface area contributed by atoms with Crippen LogP contribution in [0, 0.1) is 0 Å². The molecule has 1 aromatic carbocycles. The number of hydrogen-bond acceptors (Lipinski definition) is 6. The lowest BCUT2D eigenvalue weighted by Gasteiger charge is -2.21. The zero-order valence-corrected chi connectivity index (χ0v) is 15.2. The van der Waals surface area contributed by atoms with E-state index >= 15 is 0 Å². The molecule has 25 heavy (non-hydrogen) atoms. The standard InChI is InChI=1S/C17H22N4O3S/c1-3-24-15-7-5-4-6-13(15)10-20-11-14(18-19-20)17-21(8-9-23-2)16(22)12-25-17/h4-7,11,17H,3,8-10,12H2,1-2H3/t17-/m0/s1. The number of ether oxygens (including phenoxy) is 2. The van der Waals surface area contributed by atoms with Crippen LogP contribution in [0.25, 0.3) is 0 Å². The van der Waals surface area contributed by atoms with Gasteiger partial charge in [0.05, 0.1) is 31.7 Å². The lowest BCUT2D eigenvalue weighted by Crippen LogP contribution is -2.31. The lowest BCUT2D eigenvalue weighted by atomic mass is 10.2. The second-order valence-corrected chi connectivity index (χ2v) is 6.69. The average Bonchev–Trinajstić information content (AvgIpc) is 3.21. The van der Waals surface area contributed by atoms with Crippen LogP contribution in [0.3, 0.4) is 0 Å². The van der Waals surface area contributed by atoms with E-state index in [2.05, 4.69) is 10.3 Å². The first-order valence-corrected chi connectivity index (χ1v) is 9.28. The van der Waals surface area contributed by atoms with Crippen LogP contribution < -0.4 is 4.74 Å². The number of carbonyl (C=O) groups excluding carboxylic acids is 1. The summed E-state index contributed by atoms with van der Waals surface area (Å²) >= 11 is 1.57. The molecule has 134 valence electrons. The third kappa shape index (κ3) is 4.13. The van der Waals surface area contributed by atoms with Gasteiger partial charge in [-0.25, -0.2) is 4.68 Å². The summed E-state index contributed by atoms with van der Waals surface area (Å²) in [6, 6.07) is 7.91. The van der Waals surface area contributed by atoms with Crippen LogP contribution in [-0.2, 0) is 16.1 Å². The van der Waals surface area contributed by atoms with E-state index < -0.39 is 0 Å². The first-order chi connectivity index (χ1) is 12.2. The molecule has 8 heteroatoms. The molecule has 0 aliphatic carbocycles. The van der Waals surface area contributed by atoms with E-state index in [-0.39, 0.29) is 11.3 Å². The summed E-state index contributed by atoms with van der Waals surface area (Å²) in [5.74, 6) is 1.44. The number of methoxy groups -OCH3 is 1. The van der Waals surface area contributed by atoms with Crippen molar-refractivity contribution in [2.45, 2.75) is 18.8 Å². The Kier molecular flexibility index (Phi) is 5.93. The molecule has 7 nitrogen and oxygen atoms in total. The molecule has 1 aliphatic heterocycles. The third-order valence-electron chi connectivity index (χ3n) is 3.92. The molecule has 1 saturated heterocycles. The maximum absolute atomic E-state index is 12.1. The van der Waals surface area contributed by atoms with Crippen molar-refractivity contribution in [3.05, 3.63) is 41.7 Å². The Morgan fingerprint density at radius 2 is 2.20 bits per heavy atom. The second-order valence-electron chi connectivity index (χ2n) is 5.63. The normalized spacial score (nSPS) is 17.3. The summed E-state index contributed by atoms with van der Waals surface area (Å²) in [5.41, 5.74) is 1.84. The molecular formula is C17H22N4O3S. The summed E-state index contributed by atoms with van der Waals surface area (Å²) in [4.78, 5) is 13.9. The highest BCUT2D eigenvalue weighted by atomic mass is 32.2. The first kappa shape index (κ1) is 17.8. The maximum atomic E-state index is 12.1. The van der Waals surface area contributed by atoms with Gasteiger partial charge < -0.3 is 14.4 Å². The first-order valence-electron chi connectivity index (χ1n) is 8.23. The molecule has 0 N–H and O–H groups in total. The molecular weight excluding hydrogens is 340 g/mol. The fraction of sp³-hybridized carbons (Fsp3) is 0.471. The minimum Gasteiger partial charge on any atom is -0.494 e. The van der Waals surface area contributed by atoms with Gasteiger partial charge in [-0.3, -0.25) is 4.79 Å². The van der Waals surface area contributed by atoms with Crippen LogP contribution in [-0.4, -0.2) is 58.4 Å². The smallest absolute Gasteiger partial charge is 0.233 e. The van der Waals surface area contributed by atoms with E-state index in [1.807, 2.05) is 37.4 Å². The maximum Gasteiger partial charge on any atom is 0.233 e. The van der Waals surface area contributed by atoms with E-state index in [1.54, 1.807) is 28.5 Å². The topological polar surface area (TPSA) is 69.5 Å². The van der Waals surface area contributed by atoms with Crippen molar-refractivity contribution in [1.29, 1.82) is 0 Å². The Bertz CT molecular complexity index is 721. The zero-order valence-electron chi connectivity index (χ0n) is 14.4. The van der Waals surface area contributed by atoms with Crippen molar-refractivity contribution in [3.8, 4) is 5.75 Å². The van der Waals surface area contributed by atoms with Gasteiger partial charge in [0.2, 0.25) is 5.91 Å². The van der Waals surface area contributed by atoms with Gasteiger partial charge in [-0.05, 0) is 13.0 Å². The fourth-order valence-electron chi connectivity index (χ4n) is 2.74. The molecule has 0 spiro atoms. The molecule has 1 atom stereocenters. The molecule has 0 unspecified atom stereocenters. The second kappa shape index (κ2) is 8.35. The number of rotatable bonds is 8. The Morgan fingerprint density at radius 3 is 3.00 bits per heavy atom. The van der Waals surface area contributed by atoms with Gasteiger partial charge in [0, 0.05) is 19.2 Å². The van der Waals surface area contributed by atoms with Crippen molar-refractivity contribution >= 4 is 17.7 Å². The monoisotopic (exact) mass is 362 g/mol. The minimum atomic E-state index is -0.0986. The van der Waals surface area contributed by atoms with Crippen LogP contribution in [0.5, 0.6) is 5.75 Å². The summed E-state index contributed by atoms with van der Waals surface area (Å²) in [6.07, 6.45) is 1.90. The van der Waals surface area contributed by atoms with Crippen molar-refractivity contribution in [2.24, 2.45) is 0 Å². The Labute approximate surface area is 151 Å². The van der Waals surface area contributed by atoms with Crippen LogP contribution in [0.15, 0.2) is 30.5 Å². The Balaban J connectivity index is 1.73. The average molecular weight is 362 g/mol. The molecule has 0 bridgehead atoms. The number of aromatic nitrogens is 3. The van der Waals surface area contributed by atoms with Gasteiger partial charge in [-0.2, -0.15) is 0 Å². The number of nitrogens with zero attached hydrogens (tertiary/aromatic N) is 4. The van der Waals surface area contributed by atoms with Crippen LogP contribution >= 0.6 is 11.8 Å².